The maximum Gasteiger partial charge on any atom is 0.147 e. The Kier molecular flexibility index (Phi) is 5.70. The van der Waals surface area contributed by atoms with Gasteiger partial charge in [0.05, 0.1) is 5.39 Å². The number of furan rings is 2. The monoisotopic (exact) mass is 636 g/mol. The zero-order chi connectivity index (χ0) is 32.8. The molecular formula is C48H28O2. The third kappa shape index (κ3) is 3.96. The first-order valence-corrected chi connectivity index (χ1v) is 17.1. The maximum absolute atomic E-state index is 6.73. The highest BCUT2D eigenvalue weighted by Crippen LogP contribution is 2.46. The lowest BCUT2D eigenvalue weighted by Gasteiger charge is -2.18. The zero-order valence-electron chi connectivity index (χ0n) is 27.0. The largest absolute Gasteiger partial charge is 0.456 e. The van der Waals surface area contributed by atoms with E-state index in [9.17, 15) is 0 Å². The molecule has 0 unspecified atom stereocenters. The van der Waals surface area contributed by atoms with Crippen molar-refractivity contribution in [2.75, 3.05) is 0 Å². The average Bonchev–Trinajstić information content (AvgIpc) is 3.74. The fourth-order valence-electron chi connectivity index (χ4n) is 8.17. The van der Waals surface area contributed by atoms with Crippen LogP contribution in [0.2, 0.25) is 0 Å². The molecule has 0 radical (unpaired) electrons. The van der Waals surface area contributed by atoms with E-state index in [0.717, 1.165) is 49.4 Å². The van der Waals surface area contributed by atoms with Crippen LogP contribution in [0.15, 0.2) is 179 Å². The van der Waals surface area contributed by atoms with Gasteiger partial charge in [-0.15, -0.1) is 0 Å². The molecule has 0 saturated carbocycles. The van der Waals surface area contributed by atoms with E-state index in [1.807, 2.05) is 12.1 Å². The van der Waals surface area contributed by atoms with E-state index in [2.05, 4.69) is 158 Å². The maximum atomic E-state index is 6.73. The van der Waals surface area contributed by atoms with Crippen LogP contribution in [0, 0.1) is 0 Å². The third-order valence-electron chi connectivity index (χ3n) is 10.4. The number of fused-ring (bicyclic) bond motifs is 10. The molecule has 2 heteroatoms. The lowest BCUT2D eigenvalue weighted by molar-refractivity contribution is 0.663. The average molecular weight is 637 g/mol. The Balaban J connectivity index is 1.13. The summed E-state index contributed by atoms with van der Waals surface area (Å²) in [4.78, 5) is 0. The molecule has 0 aliphatic carbocycles. The number of para-hydroxylation sites is 1. The van der Waals surface area contributed by atoms with E-state index < -0.39 is 0 Å². The molecule has 2 heterocycles. The van der Waals surface area contributed by atoms with Gasteiger partial charge in [0.1, 0.15) is 22.3 Å². The van der Waals surface area contributed by atoms with Gasteiger partial charge >= 0.3 is 0 Å². The van der Waals surface area contributed by atoms with Crippen LogP contribution in [0.1, 0.15) is 0 Å². The third-order valence-corrected chi connectivity index (χ3v) is 10.4. The number of hydrogen-bond acceptors (Lipinski definition) is 2. The van der Waals surface area contributed by atoms with Crippen molar-refractivity contribution in [1.82, 2.24) is 0 Å². The molecule has 0 saturated heterocycles. The molecule has 0 aliphatic rings. The number of benzene rings is 9. The predicted molar refractivity (Wildman–Crippen MR) is 210 cm³/mol. The van der Waals surface area contributed by atoms with Crippen LogP contribution in [0.3, 0.4) is 0 Å². The van der Waals surface area contributed by atoms with Gasteiger partial charge in [-0.2, -0.15) is 0 Å². The van der Waals surface area contributed by atoms with Crippen molar-refractivity contribution in [3.63, 3.8) is 0 Å². The molecule has 0 spiro atoms. The highest BCUT2D eigenvalue weighted by Gasteiger charge is 2.20. The molecule has 11 rings (SSSR count). The van der Waals surface area contributed by atoms with E-state index in [4.69, 9.17) is 8.83 Å². The molecule has 0 atom stereocenters. The van der Waals surface area contributed by atoms with Gasteiger partial charge in [-0.3, -0.25) is 0 Å². The Morgan fingerprint density at radius 2 is 0.860 bits per heavy atom. The van der Waals surface area contributed by atoms with Gasteiger partial charge in [0.2, 0.25) is 0 Å². The minimum absolute atomic E-state index is 0.843. The first-order valence-electron chi connectivity index (χ1n) is 17.1. The molecule has 50 heavy (non-hydrogen) atoms. The van der Waals surface area contributed by atoms with Crippen molar-refractivity contribution in [3.8, 4) is 33.4 Å². The van der Waals surface area contributed by atoms with Crippen molar-refractivity contribution >= 4 is 76.2 Å². The minimum Gasteiger partial charge on any atom is -0.456 e. The Morgan fingerprint density at radius 1 is 0.280 bits per heavy atom. The highest BCUT2D eigenvalue weighted by molar-refractivity contribution is 6.24. The molecule has 0 aliphatic heterocycles. The van der Waals surface area contributed by atoms with E-state index in [1.165, 1.54) is 60.1 Å². The zero-order valence-corrected chi connectivity index (χ0v) is 27.0. The summed E-state index contributed by atoms with van der Waals surface area (Å²) in [6, 6.07) is 61.0. The minimum atomic E-state index is 0.843. The fraction of sp³-hybridized carbons (Fsp3) is 0. The van der Waals surface area contributed by atoms with Crippen LogP contribution in [0.25, 0.3) is 110 Å². The SMILES string of the molecule is c1cc(-c2ccc3ccccc3c2)cc(-c2c3ccccc3c(-c3ccc4c(c3)oc3c4ccc4oc5ccccc5c43)c3ccccc23)c1. The molecule has 0 bridgehead atoms. The molecule has 0 amide bonds. The van der Waals surface area contributed by atoms with Gasteiger partial charge in [0, 0.05) is 16.2 Å². The first-order chi connectivity index (χ1) is 24.8. The Labute approximate surface area is 287 Å². The fourth-order valence-corrected chi connectivity index (χ4v) is 8.17. The molecule has 2 nitrogen and oxygen atoms in total. The van der Waals surface area contributed by atoms with E-state index in [-0.39, 0.29) is 0 Å². The normalized spacial score (nSPS) is 12.0. The smallest absolute Gasteiger partial charge is 0.147 e. The van der Waals surface area contributed by atoms with Crippen LogP contribution in [-0.2, 0) is 0 Å². The molecule has 0 fully saturated rings. The summed E-state index contributed by atoms with van der Waals surface area (Å²) in [5.74, 6) is 0. The second-order valence-corrected chi connectivity index (χ2v) is 13.2. The van der Waals surface area contributed by atoms with Crippen LogP contribution < -0.4 is 0 Å². The van der Waals surface area contributed by atoms with Gasteiger partial charge in [-0.05, 0) is 108 Å². The number of hydrogen-bond donors (Lipinski definition) is 0. The van der Waals surface area contributed by atoms with Crippen molar-refractivity contribution < 1.29 is 8.83 Å². The van der Waals surface area contributed by atoms with Crippen molar-refractivity contribution in [2.45, 2.75) is 0 Å². The standard InChI is InChI=1S/C48H28O2/c1-2-11-30-26-32(21-20-29(30)10-1)31-12-9-13-33(27-31)45-36-14-3-5-16-38(36)46(39-17-6-4-15-37(39)45)34-22-23-35-40-24-25-43-47(48(40)50-44(35)28-34)41-18-7-8-19-42(41)49-43/h1-28H. The van der Waals surface area contributed by atoms with Crippen molar-refractivity contribution in [3.05, 3.63) is 170 Å². The molecule has 232 valence electrons. The van der Waals surface area contributed by atoms with Crippen LogP contribution in [0.4, 0.5) is 0 Å². The lowest BCUT2D eigenvalue weighted by Crippen LogP contribution is -1.91. The van der Waals surface area contributed by atoms with E-state index in [0.29, 0.717) is 0 Å². The molecule has 0 N–H and O–H groups in total. The van der Waals surface area contributed by atoms with Gasteiger partial charge in [-0.25, -0.2) is 0 Å². The van der Waals surface area contributed by atoms with E-state index in [1.54, 1.807) is 0 Å². The molecule has 9 aromatic carbocycles. The summed E-state index contributed by atoms with van der Waals surface area (Å²) in [7, 11) is 0. The second kappa shape index (κ2) is 10.4. The van der Waals surface area contributed by atoms with Gasteiger partial charge in [-0.1, -0.05) is 127 Å². The van der Waals surface area contributed by atoms with Gasteiger partial charge in [0.25, 0.3) is 0 Å². The quantitative estimate of drug-likeness (QED) is 0.180. The van der Waals surface area contributed by atoms with Gasteiger partial charge in [0.15, 0.2) is 0 Å². The Hall–Kier alpha value is -6.64. The predicted octanol–water partition coefficient (Wildman–Crippen LogP) is 13.9. The van der Waals surface area contributed by atoms with Crippen LogP contribution >= 0.6 is 0 Å². The summed E-state index contributed by atoms with van der Waals surface area (Å²) < 4.78 is 12.9. The summed E-state index contributed by atoms with van der Waals surface area (Å²) >= 11 is 0. The van der Waals surface area contributed by atoms with Gasteiger partial charge < -0.3 is 8.83 Å². The first kappa shape index (κ1) is 27.3. The highest BCUT2D eigenvalue weighted by atomic mass is 16.3. The van der Waals surface area contributed by atoms with Crippen molar-refractivity contribution in [1.29, 1.82) is 0 Å². The van der Waals surface area contributed by atoms with E-state index >= 15 is 0 Å². The Bertz CT molecular complexity index is 3100. The second-order valence-electron chi connectivity index (χ2n) is 13.2. The summed E-state index contributed by atoms with van der Waals surface area (Å²) in [6.45, 7) is 0. The summed E-state index contributed by atoms with van der Waals surface area (Å²) in [6.07, 6.45) is 0. The summed E-state index contributed by atoms with van der Waals surface area (Å²) in [5.41, 5.74) is 10.7. The van der Waals surface area contributed by atoms with Crippen molar-refractivity contribution in [2.24, 2.45) is 0 Å². The molecule has 2 aromatic heterocycles. The lowest BCUT2D eigenvalue weighted by atomic mass is 9.85. The molecule has 11 aromatic rings. The summed E-state index contributed by atoms with van der Waals surface area (Å²) in [5, 5.41) is 11.7. The topological polar surface area (TPSA) is 26.3 Å². The molecular weight excluding hydrogens is 609 g/mol. The number of rotatable bonds is 3. The van der Waals surface area contributed by atoms with Crippen LogP contribution in [-0.4, -0.2) is 0 Å². The Morgan fingerprint density at radius 3 is 1.62 bits per heavy atom. The van der Waals surface area contributed by atoms with Crippen LogP contribution in [0.5, 0.6) is 0 Å².